The quantitative estimate of drug-likeness (QED) is 0.518. The molecule has 0 saturated carbocycles. The van der Waals surface area contributed by atoms with Crippen molar-refractivity contribution in [3.63, 3.8) is 0 Å². The van der Waals surface area contributed by atoms with Crippen LogP contribution < -0.4 is 5.32 Å². The van der Waals surface area contributed by atoms with E-state index in [-0.39, 0.29) is 17.8 Å². The molecule has 82 valence electrons. The summed E-state index contributed by atoms with van der Waals surface area (Å²) in [5, 5.41) is 21.1. The monoisotopic (exact) mass is 283 g/mol. The summed E-state index contributed by atoms with van der Waals surface area (Å²) >= 11 is 3.07. The third-order valence-corrected chi connectivity index (χ3v) is 2.14. The van der Waals surface area contributed by atoms with Crippen molar-refractivity contribution >= 4 is 27.5 Å². The van der Waals surface area contributed by atoms with E-state index in [0.717, 1.165) is 6.07 Å². The number of nitrogens with one attached hydrogen (secondary N) is 1. The number of hydrogen-bond donors (Lipinski definition) is 1. The molecule has 0 saturated heterocycles. The minimum atomic E-state index is -0.591. The highest BCUT2D eigenvalue weighted by Gasteiger charge is 2.13. The zero-order valence-corrected chi connectivity index (χ0v) is 9.52. The molecule has 16 heavy (non-hydrogen) atoms. The molecule has 1 amide bonds. The Labute approximate surface area is 99.2 Å². The number of carbonyl (C=O) groups excluding carboxylic acids is 1. The molecular weight excluding hydrogens is 278 g/mol. The minimum Gasteiger partial charge on any atom is -0.339 e. The zero-order valence-electron chi connectivity index (χ0n) is 7.94. The lowest BCUT2D eigenvalue weighted by Gasteiger charge is -2.01. The number of nitriles is 1. The largest absolute Gasteiger partial charge is 0.339 e. The lowest BCUT2D eigenvalue weighted by Crippen LogP contribution is -2.23. The number of benzene rings is 1. The number of rotatable bonds is 3. The van der Waals surface area contributed by atoms with E-state index < -0.39 is 10.8 Å². The SMILES string of the molecule is N#CCNC(=O)c1cc(Br)cc([N+](=O)[O-])c1. The van der Waals surface area contributed by atoms with Crippen molar-refractivity contribution in [1.29, 1.82) is 5.26 Å². The first-order chi connectivity index (χ1) is 7.54. The summed E-state index contributed by atoms with van der Waals surface area (Å²) in [4.78, 5) is 21.4. The van der Waals surface area contributed by atoms with E-state index in [1.165, 1.54) is 12.1 Å². The summed E-state index contributed by atoms with van der Waals surface area (Å²) in [6.07, 6.45) is 0. The Balaban J connectivity index is 3.01. The van der Waals surface area contributed by atoms with E-state index >= 15 is 0 Å². The Morgan fingerprint density at radius 2 is 2.25 bits per heavy atom. The number of nitrogens with zero attached hydrogens (tertiary/aromatic N) is 2. The first-order valence-corrected chi connectivity index (χ1v) is 4.94. The van der Waals surface area contributed by atoms with Gasteiger partial charge in [-0.05, 0) is 6.07 Å². The normalized spacial score (nSPS) is 9.25. The molecule has 1 aromatic carbocycles. The Bertz CT molecular complexity index is 481. The van der Waals surface area contributed by atoms with Gasteiger partial charge in [0.25, 0.3) is 11.6 Å². The van der Waals surface area contributed by atoms with Crippen LogP contribution in [-0.2, 0) is 0 Å². The molecule has 0 spiro atoms. The fourth-order valence-electron chi connectivity index (χ4n) is 1.03. The lowest BCUT2D eigenvalue weighted by molar-refractivity contribution is -0.385. The highest BCUT2D eigenvalue weighted by Crippen LogP contribution is 2.21. The van der Waals surface area contributed by atoms with E-state index in [1.807, 2.05) is 0 Å². The minimum absolute atomic E-state index is 0.135. The molecular formula is C9H6BrN3O3. The van der Waals surface area contributed by atoms with Crippen LogP contribution in [0, 0.1) is 21.4 Å². The second-order valence-corrected chi connectivity index (χ2v) is 3.71. The summed E-state index contributed by atoms with van der Waals surface area (Å²) in [6.45, 7) is -0.140. The Hall–Kier alpha value is -1.94. The van der Waals surface area contributed by atoms with E-state index in [2.05, 4.69) is 21.2 Å². The Kier molecular flexibility index (Phi) is 3.96. The summed E-state index contributed by atoms with van der Waals surface area (Å²) in [5.41, 5.74) is -0.0483. The van der Waals surface area contributed by atoms with Gasteiger partial charge in [0.15, 0.2) is 0 Å². The van der Waals surface area contributed by atoms with Gasteiger partial charge in [-0.15, -0.1) is 0 Å². The number of carbonyl (C=O) groups is 1. The number of hydrogen-bond acceptors (Lipinski definition) is 4. The maximum absolute atomic E-state index is 11.4. The molecule has 0 fully saturated rings. The number of non-ortho nitro benzene ring substituents is 1. The van der Waals surface area contributed by atoms with Crippen molar-refractivity contribution in [2.75, 3.05) is 6.54 Å². The summed E-state index contributed by atoms with van der Waals surface area (Å²) in [6, 6.07) is 5.63. The molecule has 1 rings (SSSR count). The standard InChI is InChI=1S/C9H6BrN3O3/c10-7-3-6(9(14)12-2-1-11)4-8(5-7)13(15)16/h3-5H,2H2,(H,12,14). The van der Waals surface area contributed by atoms with Crippen LogP contribution in [0.2, 0.25) is 0 Å². The highest BCUT2D eigenvalue weighted by atomic mass is 79.9. The van der Waals surface area contributed by atoms with Crippen molar-refractivity contribution in [2.45, 2.75) is 0 Å². The van der Waals surface area contributed by atoms with Gasteiger partial charge in [-0.3, -0.25) is 14.9 Å². The van der Waals surface area contributed by atoms with E-state index in [9.17, 15) is 14.9 Å². The molecule has 0 atom stereocenters. The molecule has 0 bridgehead atoms. The fourth-order valence-corrected chi connectivity index (χ4v) is 1.51. The van der Waals surface area contributed by atoms with Gasteiger partial charge in [-0.25, -0.2) is 0 Å². The number of nitro groups is 1. The molecule has 1 aromatic rings. The van der Waals surface area contributed by atoms with Crippen molar-refractivity contribution in [3.05, 3.63) is 38.3 Å². The van der Waals surface area contributed by atoms with Crippen molar-refractivity contribution in [3.8, 4) is 6.07 Å². The molecule has 6 nitrogen and oxygen atoms in total. The summed E-state index contributed by atoms with van der Waals surface area (Å²) in [7, 11) is 0. The second kappa shape index (κ2) is 5.23. The van der Waals surface area contributed by atoms with Crippen LogP contribution in [0.25, 0.3) is 0 Å². The maximum atomic E-state index is 11.4. The third kappa shape index (κ3) is 3.03. The molecule has 0 heterocycles. The number of halogens is 1. The highest BCUT2D eigenvalue weighted by molar-refractivity contribution is 9.10. The van der Waals surface area contributed by atoms with Gasteiger partial charge in [-0.2, -0.15) is 5.26 Å². The van der Waals surface area contributed by atoms with Gasteiger partial charge >= 0.3 is 0 Å². The molecule has 0 aliphatic carbocycles. The Morgan fingerprint density at radius 1 is 1.56 bits per heavy atom. The van der Waals surface area contributed by atoms with Gasteiger partial charge in [0.05, 0.1) is 11.0 Å². The second-order valence-electron chi connectivity index (χ2n) is 2.80. The van der Waals surface area contributed by atoms with Crippen LogP contribution in [0.5, 0.6) is 0 Å². The number of nitro benzene ring substituents is 1. The van der Waals surface area contributed by atoms with Crippen LogP contribution in [-0.4, -0.2) is 17.4 Å². The van der Waals surface area contributed by atoms with E-state index in [0.29, 0.717) is 4.47 Å². The summed E-state index contributed by atoms with van der Waals surface area (Å²) < 4.78 is 0.434. The topological polar surface area (TPSA) is 96.0 Å². The predicted octanol–water partition coefficient (Wildman–Crippen LogP) is 1.61. The number of amides is 1. The van der Waals surface area contributed by atoms with Gasteiger partial charge in [-0.1, -0.05) is 15.9 Å². The molecule has 0 aromatic heterocycles. The zero-order chi connectivity index (χ0) is 12.1. The lowest BCUT2D eigenvalue weighted by atomic mass is 10.2. The van der Waals surface area contributed by atoms with E-state index in [1.54, 1.807) is 6.07 Å². The maximum Gasteiger partial charge on any atom is 0.271 e. The van der Waals surface area contributed by atoms with Gasteiger partial charge in [0, 0.05) is 22.2 Å². The first-order valence-electron chi connectivity index (χ1n) is 4.14. The van der Waals surface area contributed by atoms with Crippen LogP contribution in [0.15, 0.2) is 22.7 Å². The van der Waals surface area contributed by atoms with Gasteiger partial charge in [0.2, 0.25) is 0 Å². The van der Waals surface area contributed by atoms with Crippen LogP contribution in [0.3, 0.4) is 0 Å². The molecule has 0 aliphatic heterocycles. The van der Waals surface area contributed by atoms with Crippen molar-refractivity contribution < 1.29 is 9.72 Å². The first kappa shape index (κ1) is 12.1. The third-order valence-electron chi connectivity index (χ3n) is 1.68. The molecule has 7 heteroatoms. The molecule has 0 unspecified atom stereocenters. The smallest absolute Gasteiger partial charge is 0.271 e. The van der Waals surface area contributed by atoms with Gasteiger partial charge in [0.1, 0.15) is 6.54 Å². The van der Waals surface area contributed by atoms with Gasteiger partial charge < -0.3 is 5.32 Å². The molecule has 1 N–H and O–H groups in total. The van der Waals surface area contributed by atoms with Crippen LogP contribution >= 0.6 is 15.9 Å². The van der Waals surface area contributed by atoms with Crippen LogP contribution in [0.1, 0.15) is 10.4 Å². The fraction of sp³-hybridized carbons (Fsp3) is 0.111. The average molecular weight is 284 g/mol. The van der Waals surface area contributed by atoms with Crippen LogP contribution in [0.4, 0.5) is 5.69 Å². The van der Waals surface area contributed by atoms with Crippen molar-refractivity contribution in [1.82, 2.24) is 5.32 Å². The van der Waals surface area contributed by atoms with Crippen molar-refractivity contribution in [2.24, 2.45) is 0 Å². The summed E-state index contributed by atoms with van der Waals surface area (Å²) in [5.74, 6) is -0.522. The van der Waals surface area contributed by atoms with E-state index in [4.69, 9.17) is 5.26 Å². The average Bonchev–Trinajstić information content (AvgIpc) is 2.24. The molecule has 0 aliphatic rings. The Morgan fingerprint density at radius 3 is 2.81 bits per heavy atom. The predicted molar refractivity (Wildman–Crippen MR) is 58.7 cm³/mol. The molecule has 0 radical (unpaired) electrons.